The van der Waals surface area contributed by atoms with Gasteiger partial charge in [-0.2, -0.15) is 4.31 Å². The van der Waals surface area contributed by atoms with Crippen LogP contribution in [0.25, 0.3) is 0 Å². The first-order chi connectivity index (χ1) is 10.7. The van der Waals surface area contributed by atoms with E-state index in [-0.39, 0.29) is 6.10 Å². The summed E-state index contributed by atoms with van der Waals surface area (Å²) in [4.78, 5) is 8.36. The molecule has 1 fully saturated rings. The number of hydrogen-bond acceptors (Lipinski definition) is 5. The van der Waals surface area contributed by atoms with E-state index in [0.29, 0.717) is 36.7 Å². The molecule has 2 heterocycles. The predicted molar refractivity (Wildman–Crippen MR) is 80.9 cm³/mol. The highest BCUT2D eigenvalue weighted by Gasteiger charge is 2.30. The predicted octanol–water partition coefficient (Wildman–Crippen LogP) is 1.71. The number of nitrogens with zero attached hydrogens (tertiary/aromatic N) is 3. The summed E-state index contributed by atoms with van der Waals surface area (Å²) in [5, 5.41) is 0. The largest absolute Gasteiger partial charge is 0.473 e. The van der Waals surface area contributed by atoms with Crippen molar-refractivity contribution >= 4 is 10.0 Å². The smallest absolute Gasteiger partial charge is 0.243 e. The van der Waals surface area contributed by atoms with E-state index in [2.05, 4.69) is 9.97 Å². The average molecular weight is 319 g/mol. The molecule has 1 aromatic heterocycles. The lowest BCUT2D eigenvalue weighted by Crippen LogP contribution is -2.41. The first kappa shape index (κ1) is 14.9. The summed E-state index contributed by atoms with van der Waals surface area (Å²) >= 11 is 0. The van der Waals surface area contributed by atoms with E-state index in [1.807, 2.05) is 0 Å². The molecule has 0 amide bonds. The molecule has 0 bridgehead atoms. The van der Waals surface area contributed by atoms with Crippen molar-refractivity contribution in [3.8, 4) is 5.88 Å². The van der Waals surface area contributed by atoms with Gasteiger partial charge >= 0.3 is 0 Å². The van der Waals surface area contributed by atoms with Crippen LogP contribution in [0.15, 0.2) is 53.8 Å². The Labute approximate surface area is 129 Å². The Hall–Kier alpha value is -1.99. The molecule has 1 aliphatic heterocycles. The average Bonchev–Trinajstić information content (AvgIpc) is 2.57. The van der Waals surface area contributed by atoms with Crippen LogP contribution in [0.1, 0.15) is 12.8 Å². The van der Waals surface area contributed by atoms with Gasteiger partial charge in [-0.15, -0.1) is 0 Å². The quantitative estimate of drug-likeness (QED) is 0.858. The molecule has 3 rings (SSSR count). The van der Waals surface area contributed by atoms with Gasteiger partial charge in [-0.05, 0) is 25.0 Å². The summed E-state index contributed by atoms with van der Waals surface area (Å²) in [6.07, 6.45) is 5.98. The number of rotatable bonds is 4. The van der Waals surface area contributed by atoms with Gasteiger partial charge < -0.3 is 4.74 Å². The van der Waals surface area contributed by atoms with Crippen molar-refractivity contribution in [2.24, 2.45) is 0 Å². The van der Waals surface area contributed by atoms with Gasteiger partial charge in [0.05, 0.1) is 11.1 Å². The highest BCUT2D eigenvalue weighted by Crippen LogP contribution is 2.22. The molecule has 22 heavy (non-hydrogen) atoms. The lowest BCUT2D eigenvalue weighted by molar-refractivity contribution is 0.129. The molecule has 116 valence electrons. The minimum absolute atomic E-state index is 0.0288. The number of piperidine rings is 1. The number of ether oxygens (including phenoxy) is 1. The first-order valence-electron chi connectivity index (χ1n) is 7.14. The van der Waals surface area contributed by atoms with Crippen molar-refractivity contribution in [2.45, 2.75) is 23.8 Å². The van der Waals surface area contributed by atoms with Crippen LogP contribution in [0.5, 0.6) is 5.88 Å². The molecular weight excluding hydrogens is 302 g/mol. The summed E-state index contributed by atoms with van der Waals surface area (Å²) in [5.41, 5.74) is 0. The molecule has 0 N–H and O–H groups in total. The fraction of sp³-hybridized carbons (Fsp3) is 0.333. The van der Waals surface area contributed by atoms with Crippen molar-refractivity contribution in [3.63, 3.8) is 0 Å². The molecule has 0 saturated carbocycles. The molecule has 0 spiro atoms. The third-order valence-electron chi connectivity index (χ3n) is 3.61. The lowest BCUT2D eigenvalue weighted by Gasteiger charge is -2.31. The van der Waals surface area contributed by atoms with E-state index < -0.39 is 10.0 Å². The molecule has 0 radical (unpaired) electrons. The summed E-state index contributed by atoms with van der Waals surface area (Å²) in [6.45, 7) is 0.893. The van der Waals surface area contributed by atoms with E-state index >= 15 is 0 Å². The molecule has 0 unspecified atom stereocenters. The van der Waals surface area contributed by atoms with Crippen molar-refractivity contribution in [1.82, 2.24) is 14.3 Å². The van der Waals surface area contributed by atoms with Crippen LogP contribution in [-0.2, 0) is 10.0 Å². The Morgan fingerprint density at radius 2 is 1.82 bits per heavy atom. The van der Waals surface area contributed by atoms with Crippen molar-refractivity contribution in [3.05, 3.63) is 48.9 Å². The Morgan fingerprint density at radius 3 is 2.45 bits per heavy atom. The van der Waals surface area contributed by atoms with Crippen LogP contribution in [0.3, 0.4) is 0 Å². The summed E-state index contributed by atoms with van der Waals surface area (Å²) in [6, 6.07) is 8.52. The first-order valence-corrected chi connectivity index (χ1v) is 8.58. The maximum atomic E-state index is 12.5. The lowest BCUT2D eigenvalue weighted by atomic mass is 10.1. The van der Waals surface area contributed by atoms with Crippen LogP contribution in [0.4, 0.5) is 0 Å². The summed E-state index contributed by atoms with van der Waals surface area (Å²) in [7, 11) is -3.41. The van der Waals surface area contributed by atoms with Gasteiger partial charge in [0, 0.05) is 25.5 Å². The monoisotopic (exact) mass is 319 g/mol. The Balaban J connectivity index is 1.62. The second kappa shape index (κ2) is 6.41. The van der Waals surface area contributed by atoms with E-state index in [4.69, 9.17) is 4.74 Å². The SMILES string of the molecule is O=S(=O)(c1ccccc1)N1CCC(Oc2cnccn2)CC1. The molecule has 2 aromatic rings. The minimum atomic E-state index is -3.41. The molecule has 6 nitrogen and oxygen atoms in total. The van der Waals surface area contributed by atoms with E-state index in [1.54, 1.807) is 48.9 Å². The van der Waals surface area contributed by atoms with Crippen LogP contribution in [0.2, 0.25) is 0 Å². The molecule has 0 aliphatic carbocycles. The van der Waals surface area contributed by atoms with Gasteiger partial charge in [0.1, 0.15) is 6.10 Å². The van der Waals surface area contributed by atoms with Gasteiger partial charge in [-0.3, -0.25) is 4.98 Å². The number of hydrogen-bond donors (Lipinski definition) is 0. The molecular formula is C15H17N3O3S. The Morgan fingerprint density at radius 1 is 1.09 bits per heavy atom. The van der Waals surface area contributed by atoms with Gasteiger partial charge in [-0.25, -0.2) is 13.4 Å². The second-order valence-corrected chi connectivity index (χ2v) is 7.02. The maximum absolute atomic E-state index is 12.5. The highest BCUT2D eigenvalue weighted by molar-refractivity contribution is 7.89. The van der Waals surface area contributed by atoms with Gasteiger partial charge in [0.15, 0.2) is 0 Å². The van der Waals surface area contributed by atoms with E-state index in [0.717, 1.165) is 0 Å². The van der Waals surface area contributed by atoms with Gasteiger partial charge in [-0.1, -0.05) is 18.2 Å². The van der Waals surface area contributed by atoms with E-state index in [9.17, 15) is 8.42 Å². The second-order valence-electron chi connectivity index (χ2n) is 5.08. The van der Waals surface area contributed by atoms with Crippen LogP contribution in [0, 0.1) is 0 Å². The fourth-order valence-corrected chi connectivity index (χ4v) is 3.94. The molecule has 1 aliphatic rings. The van der Waals surface area contributed by atoms with Crippen molar-refractivity contribution < 1.29 is 13.2 Å². The summed E-state index contributed by atoms with van der Waals surface area (Å²) < 4.78 is 32.3. The fourth-order valence-electron chi connectivity index (χ4n) is 2.45. The Bertz CT molecular complexity index is 699. The Kier molecular flexibility index (Phi) is 4.35. The minimum Gasteiger partial charge on any atom is -0.473 e. The van der Waals surface area contributed by atoms with Crippen LogP contribution < -0.4 is 4.74 Å². The summed E-state index contributed by atoms with van der Waals surface area (Å²) in [5.74, 6) is 0.479. The molecule has 1 aromatic carbocycles. The third-order valence-corrected chi connectivity index (χ3v) is 5.52. The van der Waals surface area contributed by atoms with Gasteiger partial charge in [0.25, 0.3) is 0 Å². The van der Waals surface area contributed by atoms with Crippen molar-refractivity contribution in [1.29, 1.82) is 0 Å². The van der Waals surface area contributed by atoms with Gasteiger partial charge in [0.2, 0.25) is 15.9 Å². The molecule has 0 atom stereocenters. The highest BCUT2D eigenvalue weighted by atomic mass is 32.2. The van der Waals surface area contributed by atoms with Crippen LogP contribution in [-0.4, -0.2) is 41.9 Å². The number of benzene rings is 1. The zero-order valence-electron chi connectivity index (χ0n) is 12.0. The van der Waals surface area contributed by atoms with Crippen LogP contribution >= 0.6 is 0 Å². The molecule has 7 heteroatoms. The van der Waals surface area contributed by atoms with Crippen molar-refractivity contribution in [2.75, 3.05) is 13.1 Å². The zero-order valence-corrected chi connectivity index (χ0v) is 12.8. The molecule has 1 saturated heterocycles. The zero-order chi connectivity index (χ0) is 15.4. The number of aromatic nitrogens is 2. The number of sulfonamides is 1. The standard InChI is InChI=1S/C15H17N3O3S/c19-22(20,14-4-2-1-3-5-14)18-10-6-13(7-11-18)21-15-12-16-8-9-17-15/h1-5,8-9,12-13H,6-7,10-11H2. The maximum Gasteiger partial charge on any atom is 0.243 e. The van der Waals surface area contributed by atoms with E-state index in [1.165, 1.54) is 4.31 Å². The normalized spacial score (nSPS) is 17.3. The topological polar surface area (TPSA) is 72.4 Å². The third kappa shape index (κ3) is 3.26.